The van der Waals surface area contributed by atoms with Gasteiger partial charge < -0.3 is 10.1 Å². The molecule has 0 aliphatic rings. The number of hydrogen-bond donors (Lipinski definition) is 1. The minimum atomic E-state index is -0.738. The topological polar surface area (TPSA) is 77.3 Å². The predicted octanol–water partition coefficient (Wildman–Crippen LogP) is 4.41. The van der Waals surface area contributed by atoms with Crippen molar-refractivity contribution in [1.82, 2.24) is 10.3 Å². The fraction of sp³-hybridized carbons (Fsp3) is 0.211. The SMILES string of the molecule is Cc1ccc(-c2nonc2NC(=O)[C@@H](C)Oc2ccc(Cl)c(C)c2)cc1. The molecule has 1 amide bonds. The number of halogens is 1. The summed E-state index contributed by atoms with van der Waals surface area (Å²) in [5, 5.41) is 11.0. The van der Waals surface area contributed by atoms with Gasteiger partial charge in [-0.1, -0.05) is 41.4 Å². The molecule has 3 rings (SSSR count). The van der Waals surface area contributed by atoms with E-state index in [-0.39, 0.29) is 11.7 Å². The van der Waals surface area contributed by atoms with Gasteiger partial charge in [-0.25, -0.2) is 4.63 Å². The Bertz CT molecular complexity index is 922. The molecule has 0 aliphatic carbocycles. The number of carbonyl (C=O) groups is 1. The van der Waals surface area contributed by atoms with Crippen LogP contribution in [-0.4, -0.2) is 22.3 Å². The van der Waals surface area contributed by atoms with Gasteiger partial charge in [-0.2, -0.15) is 0 Å². The number of aryl methyl sites for hydroxylation is 2. The van der Waals surface area contributed by atoms with Gasteiger partial charge in [-0.3, -0.25) is 4.79 Å². The highest BCUT2D eigenvalue weighted by Crippen LogP contribution is 2.25. The van der Waals surface area contributed by atoms with Crippen LogP contribution in [-0.2, 0) is 4.79 Å². The lowest BCUT2D eigenvalue weighted by Gasteiger charge is -2.14. The number of ether oxygens (including phenoxy) is 1. The molecule has 1 aromatic heterocycles. The minimum absolute atomic E-state index is 0.251. The van der Waals surface area contributed by atoms with Gasteiger partial charge in [-0.05, 0) is 54.8 Å². The Morgan fingerprint density at radius 1 is 1.15 bits per heavy atom. The second kappa shape index (κ2) is 7.58. The molecule has 0 spiro atoms. The highest BCUT2D eigenvalue weighted by atomic mass is 35.5. The summed E-state index contributed by atoms with van der Waals surface area (Å²) in [6, 6.07) is 12.9. The van der Waals surface area contributed by atoms with Crippen molar-refractivity contribution in [2.24, 2.45) is 0 Å². The molecule has 0 unspecified atom stereocenters. The summed E-state index contributed by atoms with van der Waals surface area (Å²) in [7, 11) is 0. The summed E-state index contributed by atoms with van der Waals surface area (Å²) >= 11 is 6.00. The monoisotopic (exact) mass is 371 g/mol. The Hall–Kier alpha value is -2.86. The molecular formula is C19H18ClN3O3. The van der Waals surface area contributed by atoms with Crippen molar-refractivity contribution in [2.75, 3.05) is 5.32 Å². The van der Waals surface area contributed by atoms with Crippen LogP contribution in [0.4, 0.5) is 5.82 Å². The zero-order chi connectivity index (χ0) is 18.7. The smallest absolute Gasteiger partial charge is 0.266 e. The molecule has 1 heterocycles. The van der Waals surface area contributed by atoms with Crippen LogP contribution in [0.15, 0.2) is 47.1 Å². The van der Waals surface area contributed by atoms with Crippen LogP contribution in [0.1, 0.15) is 18.1 Å². The fourth-order valence-corrected chi connectivity index (χ4v) is 2.46. The lowest BCUT2D eigenvalue weighted by Crippen LogP contribution is -2.30. The predicted molar refractivity (Wildman–Crippen MR) is 99.4 cm³/mol. The molecule has 7 heteroatoms. The third-order valence-corrected chi connectivity index (χ3v) is 4.29. The van der Waals surface area contributed by atoms with E-state index in [4.69, 9.17) is 21.0 Å². The fourth-order valence-electron chi connectivity index (χ4n) is 2.34. The normalized spacial score (nSPS) is 11.8. The first-order valence-electron chi connectivity index (χ1n) is 8.07. The first-order chi connectivity index (χ1) is 12.4. The van der Waals surface area contributed by atoms with Crippen LogP contribution in [0, 0.1) is 13.8 Å². The van der Waals surface area contributed by atoms with Crippen molar-refractivity contribution in [2.45, 2.75) is 26.9 Å². The molecular weight excluding hydrogens is 354 g/mol. The second-order valence-corrected chi connectivity index (χ2v) is 6.39. The van der Waals surface area contributed by atoms with Gasteiger partial charge >= 0.3 is 0 Å². The zero-order valence-electron chi connectivity index (χ0n) is 14.6. The highest BCUT2D eigenvalue weighted by Gasteiger charge is 2.20. The number of amides is 1. The van der Waals surface area contributed by atoms with Gasteiger partial charge in [0.1, 0.15) is 5.75 Å². The molecule has 26 heavy (non-hydrogen) atoms. The van der Waals surface area contributed by atoms with Crippen molar-refractivity contribution in [1.29, 1.82) is 0 Å². The molecule has 0 saturated carbocycles. The third kappa shape index (κ3) is 4.03. The van der Waals surface area contributed by atoms with E-state index in [1.54, 1.807) is 25.1 Å². The summed E-state index contributed by atoms with van der Waals surface area (Å²) in [5.41, 5.74) is 3.26. The number of benzene rings is 2. The number of carbonyl (C=O) groups excluding carboxylic acids is 1. The van der Waals surface area contributed by atoms with E-state index >= 15 is 0 Å². The Balaban J connectivity index is 1.71. The molecule has 0 saturated heterocycles. The zero-order valence-corrected chi connectivity index (χ0v) is 15.4. The van der Waals surface area contributed by atoms with E-state index in [1.807, 2.05) is 38.1 Å². The maximum absolute atomic E-state index is 12.4. The van der Waals surface area contributed by atoms with Gasteiger partial charge in [0, 0.05) is 10.6 Å². The Labute approximate surface area is 156 Å². The highest BCUT2D eigenvalue weighted by molar-refractivity contribution is 6.31. The average Bonchev–Trinajstić information content (AvgIpc) is 3.07. The molecule has 0 aliphatic heterocycles. The quantitative estimate of drug-likeness (QED) is 0.718. The van der Waals surface area contributed by atoms with Crippen LogP contribution in [0.2, 0.25) is 5.02 Å². The molecule has 1 N–H and O–H groups in total. The lowest BCUT2D eigenvalue weighted by molar-refractivity contribution is -0.122. The number of nitrogens with zero attached hydrogens (tertiary/aromatic N) is 2. The summed E-state index contributed by atoms with van der Waals surface area (Å²) in [6.45, 7) is 5.51. The van der Waals surface area contributed by atoms with Gasteiger partial charge in [0.2, 0.25) is 5.82 Å². The molecule has 1 atom stereocenters. The number of rotatable bonds is 5. The maximum atomic E-state index is 12.4. The van der Waals surface area contributed by atoms with E-state index in [2.05, 4.69) is 15.6 Å². The van der Waals surface area contributed by atoms with Crippen molar-refractivity contribution >= 4 is 23.3 Å². The van der Waals surface area contributed by atoms with E-state index in [9.17, 15) is 4.79 Å². The number of hydrogen-bond acceptors (Lipinski definition) is 5. The Morgan fingerprint density at radius 3 is 2.58 bits per heavy atom. The Morgan fingerprint density at radius 2 is 1.88 bits per heavy atom. The van der Waals surface area contributed by atoms with E-state index < -0.39 is 6.10 Å². The summed E-state index contributed by atoms with van der Waals surface area (Å²) < 4.78 is 10.5. The molecule has 6 nitrogen and oxygen atoms in total. The van der Waals surface area contributed by atoms with Gasteiger partial charge in [0.05, 0.1) is 0 Å². The average molecular weight is 372 g/mol. The molecule has 0 radical (unpaired) electrons. The van der Waals surface area contributed by atoms with Crippen molar-refractivity contribution in [3.05, 3.63) is 58.6 Å². The van der Waals surface area contributed by atoms with Crippen molar-refractivity contribution < 1.29 is 14.2 Å². The van der Waals surface area contributed by atoms with E-state index in [1.165, 1.54) is 0 Å². The molecule has 0 bridgehead atoms. The van der Waals surface area contributed by atoms with Gasteiger partial charge in [0.15, 0.2) is 11.8 Å². The first kappa shape index (κ1) is 17.9. The third-order valence-electron chi connectivity index (χ3n) is 3.87. The van der Waals surface area contributed by atoms with Gasteiger partial charge in [0.25, 0.3) is 5.91 Å². The summed E-state index contributed by atoms with van der Waals surface area (Å²) in [6.07, 6.45) is -0.738. The lowest BCUT2D eigenvalue weighted by atomic mass is 10.1. The summed E-state index contributed by atoms with van der Waals surface area (Å²) in [5.74, 6) is 0.454. The molecule has 2 aromatic carbocycles. The van der Waals surface area contributed by atoms with Crippen LogP contribution in [0.3, 0.4) is 0 Å². The van der Waals surface area contributed by atoms with E-state index in [0.29, 0.717) is 16.5 Å². The van der Waals surface area contributed by atoms with Crippen LogP contribution < -0.4 is 10.1 Å². The largest absolute Gasteiger partial charge is 0.481 e. The second-order valence-electron chi connectivity index (χ2n) is 5.99. The minimum Gasteiger partial charge on any atom is -0.481 e. The summed E-state index contributed by atoms with van der Waals surface area (Å²) in [4.78, 5) is 12.4. The Kier molecular flexibility index (Phi) is 5.23. The van der Waals surface area contributed by atoms with Crippen molar-refractivity contribution in [3.63, 3.8) is 0 Å². The molecule has 0 fully saturated rings. The first-order valence-corrected chi connectivity index (χ1v) is 8.45. The maximum Gasteiger partial charge on any atom is 0.266 e. The number of nitrogens with one attached hydrogen (secondary N) is 1. The number of anilines is 1. The molecule has 3 aromatic rings. The molecule has 134 valence electrons. The standard InChI is InChI=1S/C19H18ClN3O3/c1-11-4-6-14(7-5-11)17-18(23-26-22-17)21-19(24)13(3)25-15-8-9-16(20)12(2)10-15/h4-10,13H,1-3H3,(H,21,23,24)/t13-/m1/s1. The van der Waals surface area contributed by atoms with Crippen molar-refractivity contribution in [3.8, 4) is 17.0 Å². The van der Waals surface area contributed by atoms with Crippen LogP contribution >= 0.6 is 11.6 Å². The van der Waals surface area contributed by atoms with Crippen LogP contribution in [0.5, 0.6) is 5.75 Å². The van der Waals surface area contributed by atoms with Gasteiger partial charge in [-0.15, -0.1) is 0 Å². The number of aromatic nitrogens is 2. The van der Waals surface area contributed by atoms with Crippen LogP contribution in [0.25, 0.3) is 11.3 Å². The van der Waals surface area contributed by atoms with E-state index in [0.717, 1.165) is 16.7 Å².